The Bertz CT molecular complexity index is 495. The highest BCUT2D eigenvalue weighted by molar-refractivity contribution is 5.76. The van der Waals surface area contributed by atoms with Crippen LogP contribution in [-0.2, 0) is 4.79 Å². The highest BCUT2D eigenvalue weighted by Crippen LogP contribution is 2.31. The average molecular weight is 316 g/mol. The predicted molar refractivity (Wildman–Crippen MR) is 93.4 cm³/mol. The summed E-state index contributed by atoms with van der Waals surface area (Å²) in [6.07, 6.45) is 3.02. The van der Waals surface area contributed by atoms with Gasteiger partial charge in [-0.1, -0.05) is 18.2 Å². The standard InChI is InChI=1S/C18H28N4O/c19-17(15-6-7-15)14-20-18(23)8-9-21-10-12-22(13-11-21)16-4-2-1-3-5-16/h1-5,15,17H,6-14,19H2,(H,20,23). The van der Waals surface area contributed by atoms with Crippen LogP contribution in [0.25, 0.3) is 0 Å². The number of hydrogen-bond donors (Lipinski definition) is 2. The lowest BCUT2D eigenvalue weighted by Gasteiger charge is -2.36. The molecule has 0 radical (unpaired) electrons. The summed E-state index contributed by atoms with van der Waals surface area (Å²) in [5.41, 5.74) is 7.30. The summed E-state index contributed by atoms with van der Waals surface area (Å²) < 4.78 is 0. The Morgan fingerprint density at radius 2 is 1.87 bits per heavy atom. The van der Waals surface area contributed by atoms with E-state index in [0.29, 0.717) is 18.9 Å². The molecule has 3 N–H and O–H groups in total. The number of para-hydroxylation sites is 1. The number of carbonyl (C=O) groups is 1. The van der Waals surface area contributed by atoms with E-state index in [0.717, 1.165) is 32.7 Å². The molecule has 1 saturated heterocycles. The molecule has 0 spiro atoms. The first-order chi connectivity index (χ1) is 11.2. The fourth-order valence-electron chi connectivity index (χ4n) is 3.14. The Balaban J connectivity index is 1.32. The maximum atomic E-state index is 11.9. The average Bonchev–Trinajstić information content (AvgIpc) is 3.44. The molecule has 126 valence electrons. The van der Waals surface area contributed by atoms with Gasteiger partial charge in [-0.25, -0.2) is 0 Å². The molecule has 1 amide bonds. The lowest BCUT2D eigenvalue weighted by molar-refractivity contribution is -0.121. The van der Waals surface area contributed by atoms with E-state index in [-0.39, 0.29) is 11.9 Å². The quantitative estimate of drug-likeness (QED) is 0.789. The van der Waals surface area contributed by atoms with E-state index in [4.69, 9.17) is 5.73 Å². The Morgan fingerprint density at radius 1 is 1.17 bits per heavy atom. The zero-order valence-corrected chi connectivity index (χ0v) is 13.8. The molecule has 0 bridgehead atoms. The molecule has 1 aliphatic carbocycles. The zero-order valence-electron chi connectivity index (χ0n) is 13.8. The van der Waals surface area contributed by atoms with Crippen molar-refractivity contribution < 1.29 is 4.79 Å². The highest BCUT2D eigenvalue weighted by Gasteiger charge is 2.28. The molecule has 0 aromatic heterocycles. The number of nitrogens with two attached hydrogens (primary N) is 1. The molecule has 1 aromatic carbocycles. The van der Waals surface area contributed by atoms with Crippen LogP contribution >= 0.6 is 0 Å². The first-order valence-corrected chi connectivity index (χ1v) is 8.77. The largest absolute Gasteiger partial charge is 0.369 e. The van der Waals surface area contributed by atoms with Gasteiger partial charge in [0.05, 0.1) is 0 Å². The summed E-state index contributed by atoms with van der Waals surface area (Å²) in [5, 5.41) is 2.98. The van der Waals surface area contributed by atoms with Crippen molar-refractivity contribution in [1.29, 1.82) is 0 Å². The van der Waals surface area contributed by atoms with Crippen LogP contribution in [0, 0.1) is 5.92 Å². The van der Waals surface area contributed by atoms with Crippen molar-refractivity contribution in [2.45, 2.75) is 25.3 Å². The molecular formula is C18H28N4O. The van der Waals surface area contributed by atoms with Gasteiger partial charge in [0, 0.05) is 57.4 Å². The van der Waals surface area contributed by atoms with Crippen LogP contribution in [0.5, 0.6) is 0 Å². The van der Waals surface area contributed by atoms with Gasteiger partial charge in [0.25, 0.3) is 0 Å². The molecule has 1 unspecified atom stereocenters. The first-order valence-electron chi connectivity index (χ1n) is 8.77. The predicted octanol–water partition coefficient (Wildman–Crippen LogP) is 1.05. The lowest BCUT2D eigenvalue weighted by Crippen LogP contribution is -2.47. The van der Waals surface area contributed by atoms with Crippen molar-refractivity contribution in [2.24, 2.45) is 11.7 Å². The monoisotopic (exact) mass is 316 g/mol. The summed E-state index contributed by atoms with van der Waals surface area (Å²) in [5.74, 6) is 0.771. The summed E-state index contributed by atoms with van der Waals surface area (Å²) in [6, 6.07) is 10.7. The number of piperazine rings is 1. The Kier molecular flexibility index (Phi) is 5.51. The number of benzene rings is 1. The molecule has 2 fully saturated rings. The van der Waals surface area contributed by atoms with E-state index in [1.807, 2.05) is 6.07 Å². The van der Waals surface area contributed by atoms with E-state index < -0.39 is 0 Å². The molecule has 1 aromatic rings. The van der Waals surface area contributed by atoms with E-state index in [1.54, 1.807) is 0 Å². The van der Waals surface area contributed by atoms with Crippen molar-refractivity contribution in [3.05, 3.63) is 30.3 Å². The summed E-state index contributed by atoms with van der Waals surface area (Å²) in [7, 11) is 0. The third-order valence-corrected chi connectivity index (χ3v) is 4.91. The normalized spacial score (nSPS) is 20.3. The second-order valence-electron chi connectivity index (χ2n) is 6.72. The second kappa shape index (κ2) is 7.79. The summed E-state index contributed by atoms with van der Waals surface area (Å²) in [6.45, 7) is 5.56. The molecule has 1 heterocycles. The molecule has 2 aliphatic rings. The van der Waals surface area contributed by atoms with Crippen molar-refractivity contribution >= 4 is 11.6 Å². The number of rotatable bonds is 7. The van der Waals surface area contributed by atoms with Gasteiger partial charge in [-0.3, -0.25) is 9.69 Å². The summed E-state index contributed by atoms with van der Waals surface area (Å²) >= 11 is 0. The number of hydrogen-bond acceptors (Lipinski definition) is 4. The van der Waals surface area contributed by atoms with E-state index in [9.17, 15) is 4.79 Å². The first kappa shape index (κ1) is 16.3. The lowest BCUT2D eigenvalue weighted by atomic mass is 10.2. The van der Waals surface area contributed by atoms with Crippen molar-refractivity contribution in [3.63, 3.8) is 0 Å². The number of anilines is 1. The number of nitrogens with one attached hydrogen (secondary N) is 1. The van der Waals surface area contributed by atoms with Gasteiger partial charge in [0.15, 0.2) is 0 Å². The highest BCUT2D eigenvalue weighted by atomic mass is 16.1. The third kappa shape index (κ3) is 4.94. The Labute approximate surface area is 138 Å². The van der Waals surface area contributed by atoms with Gasteiger partial charge >= 0.3 is 0 Å². The number of nitrogens with zero attached hydrogens (tertiary/aromatic N) is 2. The van der Waals surface area contributed by atoms with E-state index >= 15 is 0 Å². The van der Waals surface area contributed by atoms with Crippen LogP contribution in [-0.4, -0.2) is 56.1 Å². The topological polar surface area (TPSA) is 61.6 Å². The molecule has 3 rings (SSSR count). The minimum Gasteiger partial charge on any atom is -0.369 e. The van der Waals surface area contributed by atoms with Crippen molar-refractivity contribution in [3.8, 4) is 0 Å². The maximum absolute atomic E-state index is 11.9. The van der Waals surface area contributed by atoms with Crippen molar-refractivity contribution in [1.82, 2.24) is 10.2 Å². The van der Waals surface area contributed by atoms with Gasteiger partial charge in [0.1, 0.15) is 0 Å². The molecule has 5 heteroatoms. The van der Waals surface area contributed by atoms with Crippen LogP contribution in [0.1, 0.15) is 19.3 Å². The SMILES string of the molecule is NC(CNC(=O)CCN1CCN(c2ccccc2)CC1)C1CC1. The molecule has 5 nitrogen and oxygen atoms in total. The minimum absolute atomic E-state index is 0.131. The molecule has 23 heavy (non-hydrogen) atoms. The molecule has 1 saturated carbocycles. The summed E-state index contributed by atoms with van der Waals surface area (Å²) in [4.78, 5) is 16.7. The van der Waals surface area contributed by atoms with Gasteiger partial charge in [0.2, 0.25) is 5.91 Å². The molecular weight excluding hydrogens is 288 g/mol. The smallest absolute Gasteiger partial charge is 0.221 e. The van der Waals surface area contributed by atoms with Gasteiger partial charge in [-0.05, 0) is 30.9 Å². The second-order valence-corrected chi connectivity index (χ2v) is 6.72. The molecule has 1 aliphatic heterocycles. The van der Waals surface area contributed by atoms with Crippen LogP contribution in [0.3, 0.4) is 0 Å². The maximum Gasteiger partial charge on any atom is 0.221 e. The fraction of sp³-hybridized carbons (Fsp3) is 0.611. The van der Waals surface area contributed by atoms with Crippen LogP contribution in [0.15, 0.2) is 30.3 Å². The van der Waals surface area contributed by atoms with Crippen LogP contribution in [0.4, 0.5) is 5.69 Å². The van der Waals surface area contributed by atoms with E-state index in [1.165, 1.54) is 18.5 Å². The number of amides is 1. The van der Waals surface area contributed by atoms with Gasteiger partial charge in [-0.2, -0.15) is 0 Å². The van der Waals surface area contributed by atoms with Gasteiger partial charge < -0.3 is 16.0 Å². The van der Waals surface area contributed by atoms with Crippen LogP contribution in [0.2, 0.25) is 0 Å². The van der Waals surface area contributed by atoms with Gasteiger partial charge in [-0.15, -0.1) is 0 Å². The Morgan fingerprint density at radius 3 is 2.52 bits per heavy atom. The van der Waals surface area contributed by atoms with E-state index in [2.05, 4.69) is 39.4 Å². The van der Waals surface area contributed by atoms with Crippen molar-refractivity contribution in [2.75, 3.05) is 44.2 Å². The minimum atomic E-state index is 0.131. The Hall–Kier alpha value is -1.59. The number of carbonyl (C=O) groups excluding carboxylic acids is 1. The fourth-order valence-corrected chi connectivity index (χ4v) is 3.14. The third-order valence-electron chi connectivity index (χ3n) is 4.91. The molecule has 1 atom stereocenters. The zero-order chi connectivity index (χ0) is 16.1. The van der Waals surface area contributed by atoms with Crippen LogP contribution < -0.4 is 16.0 Å².